The molecular formula is C21H25N5O2. The molecule has 1 saturated heterocycles. The predicted molar refractivity (Wildman–Crippen MR) is 105 cm³/mol. The highest BCUT2D eigenvalue weighted by molar-refractivity contribution is 5.92. The van der Waals surface area contributed by atoms with Crippen LogP contribution in [0, 0.1) is 19.8 Å². The Morgan fingerprint density at radius 2 is 2.11 bits per heavy atom. The summed E-state index contributed by atoms with van der Waals surface area (Å²) in [5, 5.41) is 3.86. The Kier molecular flexibility index (Phi) is 4.98. The highest BCUT2D eigenvalue weighted by Crippen LogP contribution is 2.23. The smallest absolute Gasteiger partial charge is 0.276 e. The third-order valence-electron chi connectivity index (χ3n) is 5.49. The molecule has 3 aromatic heterocycles. The fraction of sp³-hybridized carbons (Fsp3) is 0.429. The van der Waals surface area contributed by atoms with E-state index < -0.39 is 0 Å². The van der Waals surface area contributed by atoms with E-state index in [1.165, 1.54) is 5.56 Å². The Balaban J connectivity index is 1.41. The van der Waals surface area contributed by atoms with Gasteiger partial charge in [0.25, 0.3) is 5.91 Å². The average Bonchev–Trinajstić information content (AvgIpc) is 3.28. The molecule has 28 heavy (non-hydrogen) atoms. The summed E-state index contributed by atoms with van der Waals surface area (Å²) in [4.78, 5) is 23.5. The number of carbonyl (C=O) groups is 1. The second kappa shape index (κ2) is 7.58. The van der Waals surface area contributed by atoms with Crippen LogP contribution in [0.1, 0.15) is 40.5 Å². The topological polar surface area (TPSA) is 77.1 Å². The first-order chi connectivity index (χ1) is 13.5. The number of aryl methyl sites for hydroxylation is 2. The zero-order valence-corrected chi connectivity index (χ0v) is 16.6. The van der Waals surface area contributed by atoms with Gasteiger partial charge in [0, 0.05) is 32.4 Å². The first kappa shape index (κ1) is 18.4. The highest BCUT2D eigenvalue weighted by atomic mass is 16.5. The molecule has 0 bridgehead atoms. The summed E-state index contributed by atoms with van der Waals surface area (Å²) in [6.07, 6.45) is 6.84. The minimum atomic E-state index is -0.0402. The summed E-state index contributed by atoms with van der Waals surface area (Å²) < 4.78 is 7.08. The average molecular weight is 379 g/mol. The third-order valence-corrected chi connectivity index (χ3v) is 5.49. The first-order valence-electron chi connectivity index (χ1n) is 9.67. The Morgan fingerprint density at radius 3 is 2.75 bits per heavy atom. The molecule has 1 aliphatic rings. The van der Waals surface area contributed by atoms with Gasteiger partial charge in [0.15, 0.2) is 5.69 Å². The van der Waals surface area contributed by atoms with Crippen molar-refractivity contribution >= 4 is 5.91 Å². The quantitative estimate of drug-likeness (QED) is 0.696. The second-order valence-electron chi connectivity index (χ2n) is 7.59. The van der Waals surface area contributed by atoms with Gasteiger partial charge >= 0.3 is 0 Å². The summed E-state index contributed by atoms with van der Waals surface area (Å²) in [6, 6.07) is 5.89. The van der Waals surface area contributed by atoms with E-state index in [0.717, 1.165) is 49.6 Å². The minimum absolute atomic E-state index is 0.0402. The van der Waals surface area contributed by atoms with Crippen LogP contribution in [0.4, 0.5) is 0 Å². The zero-order valence-electron chi connectivity index (χ0n) is 16.6. The van der Waals surface area contributed by atoms with Gasteiger partial charge in [-0.2, -0.15) is 0 Å². The van der Waals surface area contributed by atoms with Gasteiger partial charge in [0.1, 0.15) is 11.6 Å². The van der Waals surface area contributed by atoms with Gasteiger partial charge in [-0.3, -0.25) is 9.78 Å². The molecule has 0 aromatic carbocycles. The SMILES string of the molecule is Cc1cc(C(=O)N2CCC[C@@H](Cc3ccc(-c4cnc(C)n4C)nc3)C2)no1. The third kappa shape index (κ3) is 3.69. The van der Waals surface area contributed by atoms with Crippen LogP contribution in [-0.4, -0.2) is 43.6 Å². The number of aromatic nitrogens is 4. The summed E-state index contributed by atoms with van der Waals surface area (Å²) in [6.45, 7) is 5.30. The summed E-state index contributed by atoms with van der Waals surface area (Å²) in [5.74, 6) is 2.01. The summed E-state index contributed by atoms with van der Waals surface area (Å²) in [5.41, 5.74) is 3.53. The van der Waals surface area contributed by atoms with Crippen molar-refractivity contribution in [2.24, 2.45) is 13.0 Å². The standard InChI is InChI=1S/C21H25N5O2/c1-14-9-19(24-28-14)21(27)26-8-4-5-17(13-26)10-16-6-7-18(23-11-16)20-12-22-15(2)25(20)3/h6-7,9,11-12,17H,4-5,8,10,13H2,1-3H3/t17-/m0/s1. The summed E-state index contributed by atoms with van der Waals surface area (Å²) in [7, 11) is 2.00. The van der Waals surface area contributed by atoms with E-state index in [-0.39, 0.29) is 5.91 Å². The zero-order chi connectivity index (χ0) is 19.7. The number of rotatable bonds is 4. The number of piperidine rings is 1. The van der Waals surface area contributed by atoms with Crippen LogP contribution in [0.25, 0.3) is 11.4 Å². The molecule has 1 aliphatic heterocycles. The molecule has 1 amide bonds. The normalized spacial score (nSPS) is 17.1. The van der Waals surface area contributed by atoms with Gasteiger partial charge in [-0.25, -0.2) is 4.98 Å². The predicted octanol–water partition coefficient (Wildman–Crippen LogP) is 3.18. The van der Waals surface area contributed by atoms with Crippen molar-refractivity contribution in [3.8, 4) is 11.4 Å². The molecule has 0 spiro atoms. The Morgan fingerprint density at radius 1 is 1.25 bits per heavy atom. The van der Waals surface area contributed by atoms with Crippen LogP contribution < -0.4 is 0 Å². The van der Waals surface area contributed by atoms with E-state index in [1.807, 2.05) is 35.8 Å². The van der Waals surface area contributed by atoms with Crippen LogP contribution in [0.3, 0.4) is 0 Å². The maximum absolute atomic E-state index is 12.6. The second-order valence-corrected chi connectivity index (χ2v) is 7.59. The van der Waals surface area contributed by atoms with Gasteiger partial charge in [-0.1, -0.05) is 11.2 Å². The number of amides is 1. The lowest BCUT2D eigenvalue weighted by molar-refractivity contribution is 0.0663. The molecule has 3 aromatic rings. The van der Waals surface area contributed by atoms with E-state index in [9.17, 15) is 4.79 Å². The maximum Gasteiger partial charge on any atom is 0.276 e. The largest absolute Gasteiger partial charge is 0.361 e. The Labute approximate surface area is 164 Å². The summed E-state index contributed by atoms with van der Waals surface area (Å²) >= 11 is 0. The maximum atomic E-state index is 12.6. The number of pyridine rings is 1. The molecule has 1 atom stereocenters. The van der Waals surface area contributed by atoms with Crippen LogP contribution >= 0.6 is 0 Å². The fourth-order valence-electron chi connectivity index (χ4n) is 3.82. The lowest BCUT2D eigenvalue weighted by atomic mass is 9.91. The molecule has 146 valence electrons. The Bertz CT molecular complexity index is 973. The molecule has 0 saturated carbocycles. The van der Waals surface area contributed by atoms with E-state index in [1.54, 1.807) is 13.0 Å². The van der Waals surface area contributed by atoms with Gasteiger partial charge in [0.2, 0.25) is 0 Å². The lowest BCUT2D eigenvalue weighted by Gasteiger charge is -2.32. The van der Waals surface area contributed by atoms with Crippen molar-refractivity contribution in [3.63, 3.8) is 0 Å². The molecule has 4 heterocycles. The number of imidazole rings is 1. The lowest BCUT2D eigenvalue weighted by Crippen LogP contribution is -2.40. The fourth-order valence-corrected chi connectivity index (χ4v) is 3.82. The molecule has 4 rings (SSSR count). The minimum Gasteiger partial charge on any atom is -0.361 e. The monoisotopic (exact) mass is 379 g/mol. The number of hydrogen-bond donors (Lipinski definition) is 0. The molecule has 7 nitrogen and oxygen atoms in total. The molecular weight excluding hydrogens is 354 g/mol. The van der Waals surface area contributed by atoms with Crippen molar-refractivity contribution in [2.45, 2.75) is 33.1 Å². The van der Waals surface area contributed by atoms with Gasteiger partial charge < -0.3 is 14.0 Å². The van der Waals surface area contributed by atoms with E-state index in [0.29, 0.717) is 17.4 Å². The Hall–Kier alpha value is -2.96. The highest BCUT2D eigenvalue weighted by Gasteiger charge is 2.26. The molecule has 0 N–H and O–H groups in total. The number of hydrogen-bond acceptors (Lipinski definition) is 5. The van der Waals surface area contributed by atoms with Crippen LogP contribution in [0.15, 0.2) is 35.1 Å². The number of carbonyl (C=O) groups excluding carboxylic acids is 1. The number of likely N-dealkylation sites (tertiary alicyclic amines) is 1. The number of nitrogens with zero attached hydrogens (tertiary/aromatic N) is 5. The first-order valence-corrected chi connectivity index (χ1v) is 9.67. The van der Waals surface area contributed by atoms with Crippen LogP contribution in [0.2, 0.25) is 0 Å². The van der Waals surface area contributed by atoms with Crippen molar-refractivity contribution in [1.29, 1.82) is 0 Å². The van der Waals surface area contributed by atoms with Gasteiger partial charge in [-0.15, -0.1) is 0 Å². The molecule has 0 radical (unpaired) electrons. The van der Waals surface area contributed by atoms with E-state index >= 15 is 0 Å². The van der Waals surface area contributed by atoms with Crippen molar-refractivity contribution < 1.29 is 9.32 Å². The van der Waals surface area contributed by atoms with Crippen molar-refractivity contribution in [2.75, 3.05) is 13.1 Å². The van der Waals surface area contributed by atoms with Crippen LogP contribution in [-0.2, 0) is 13.5 Å². The van der Waals surface area contributed by atoms with Gasteiger partial charge in [0.05, 0.1) is 17.6 Å². The van der Waals surface area contributed by atoms with Crippen molar-refractivity contribution in [1.82, 2.24) is 24.6 Å². The van der Waals surface area contributed by atoms with Gasteiger partial charge in [-0.05, 0) is 50.7 Å². The van der Waals surface area contributed by atoms with Crippen LogP contribution in [0.5, 0.6) is 0 Å². The van der Waals surface area contributed by atoms with Crippen molar-refractivity contribution in [3.05, 3.63) is 53.4 Å². The molecule has 0 aliphatic carbocycles. The molecule has 0 unspecified atom stereocenters. The van der Waals surface area contributed by atoms with E-state index in [4.69, 9.17) is 4.52 Å². The molecule has 1 fully saturated rings. The molecule has 7 heteroatoms. The van der Waals surface area contributed by atoms with E-state index in [2.05, 4.69) is 27.3 Å².